The van der Waals surface area contributed by atoms with E-state index in [2.05, 4.69) is 142 Å². The number of benzene rings is 2. The molecule has 7 rings (SSSR count). The fraction of sp³-hybridized carbons (Fsp3) is 0.0625. The zero-order chi connectivity index (χ0) is 23.9. The summed E-state index contributed by atoms with van der Waals surface area (Å²) in [7, 11) is 0. The van der Waals surface area contributed by atoms with Gasteiger partial charge in [0.15, 0.2) is 0 Å². The molecule has 4 aromatic rings. The number of rotatable bonds is 2. The van der Waals surface area contributed by atoms with Gasteiger partial charge in [-0.1, -0.05) is 72.8 Å². The van der Waals surface area contributed by atoms with Gasteiger partial charge in [0.25, 0.3) is 0 Å². The molecule has 8 bridgehead atoms. The van der Waals surface area contributed by atoms with Crippen LogP contribution in [0.15, 0.2) is 121 Å². The average molecular weight is 467 g/mol. The highest BCUT2D eigenvalue weighted by molar-refractivity contribution is 5.83. The van der Waals surface area contributed by atoms with Gasteiger partial charge in [0.2, 0.25) is 0 Å². The van der Waals surface area contributed by atoms with Crippen LogP contribution in [0.1, 0.15) is 22.5 Å². The molecule has 0 aliphatic carbocycles. The van der Waals surface area contributed by atoms with E-state index in [1.54, 1.807) is 0 Å². The Kier molecular flexibility index (Phi) is 4.88. The van der Waals surface area contributed by atoms with Gasteiger partial charge in [-0.15, -0.1) is 0 Å². The maximum atomic E-state index is 3.72. The Morgan fingerprint density at radius 3 is 2.28 bits per heavy atom. The van der Waals surface area contributed by atoms with Crippen molar-refractivity contribution >= 4 is 23.3 Å². The van der Waals surface area contributed by atoms with Gasteiger partial charge in [-0.25, -0.2) is 0 Å². The van der Waals surface area contributed by atoms with E-state index in [0.29, 0.717) is 0 Å². The fourth-order valence-electron chi connectivity index (χ4n) is 5.31. The molecule has 2 atom stereocenters. The molecular formula is C32H26N4. The summed E-state index contributed by atoms with van der Waals surface area (Å²) < 4.78 is 0. The van der Waals surface area contributed by atoms with E-state index < -0.39 is 0 Å². The first-order chi connectivity index (χ1) is 17.8. The number of aromatic nitrogens is 2. The molecule has 3 aliphatic heterocycles. The lowest BCUT2D eigenvalue weighted by atomic mass is 9.99. The summed E-state index contributed by atoms with van der Waals surface area (Å²) in [5, 5.41) is 9.65. The lowest BCUT2D eigenvalue weighted by Crippen LogP contribution is -2.29. The highest BCUT2D eigenvalue weighted by Gasteiger charge is 2.21. The molecule has 0 radical (unpaired) electrons. The quantitative estimate of drug-likeness (QED) is 0.358. The predicted octanol–water partition coefficient (Wildman–Crippen LogP) is 4.19. The highest BCUT2D eigenvalue weighted by atomic mass is 15.0. The van der Waals surface area contributed by atoms with Gasteiger partial charge in [-0.05, 0) is 59.7 Å². The van der Waals surface area contributed by atoms with Crippen LogP contribution in [-0.2, 0) is 0 Å². The minimum Gasteiger partial charge on any atom is -0.375 e. The van der Waals surface area contributed by atoms with Crippen molar-refractivity contribution in [3.05, 3.63) is 154 Å². The van der Waals surface area contributed by atoms with Crippen LogP contribution < -0.4 is 21.3 Å². The predicted molar refractivity (Wildman–Crippen MR) is 147 cm³/mol. The Hall–Kier alpha value is -4.70. The fourth-order valence-corrected chi connectivity index (χ4v) is 5.31. The van der Waals surface area contributed by atoms with Crippen molar-refractivity contribution in [3.63, 3.8) is 0 Å². The summed E-state index contributed by atoms with van der Waals surface area (Å²) in [6.45, 7) is 0. The Labute approximate surface area is 209 Å². The smallest absolute Gasteiger partial charge is 0.0727 e. The minimum atomic E-state index is 0.0726. The molecular weight excluding hydrogens is 440 g/mol. The number of hydrogen-bond acceptors (Lipinski definition) is 2. The van der Waals surface area contributed by atoms with E-state index in [1.807, 2.05) is 0 Å². The molecule has 4 N–H and O–H groups in total. The standard InChI is InChI=1S/C32H26N4/c1-3-7-21(8-4-1)31-27-15-11-23(33-27)19-25-13-17-29(35-25)32(22-9-5-2-6-10-22)30-18-14-26(36-30)20-24-12-16-28(31)34-24/h1-20,23,30,33-36H/b25-19-,26-20-,31-27-,32-29-. The zero-order valence-corrected chi connectivity index (χ0v) is 19.7. The van der Waals surface area contributed by atoms with Crippen molar-refractivity contribution in [2.75, 3.05) is 0 Å². The molecule has 0 saturated heterocycles. The molecule has 0 saturated carbocycles. The SMILES string of the molecule is C1=CC2N/C1=C\c1ccc([nH]1)/C(c1ccccc1)=C1/C=CC(/C=c3/cc/c([nH]3)=C/2c2ccccc2)N1. The van der Waals surface area contributed by atoms with Crippen LogP contribution in [0, 0.1) is 0 Å². The summed E-state index contributed by atoms with van der Waals surface area (Å²) in [5.41, 5.74) is 9.12. The third kappa shape index (κ3) is 3.73. The number of aromatic amines is 2. The number of nitrogens with one attached hydrogen (secondary N) is 4. The van der Waals surface area contributed by atoms with Crippen LogP contribution in [0.2, 0.25) is 0 Å². The zero-order valence-electron chi connectivity index (χ0n) is 19.7. The van der Waals surface area contributed by atoms with Crippen LogP contribution in [0.25, 0.3) is 23.3 Å². The molecule has 174 valence electrons. The van der Waals surface area contributed by atoms with Gasteiger partial charge in [0, 0.05) is 44.6 Å². The summed E-state index contributed by atoms with van der Waals surface area (Å²) in [6, 6.07) is 30.0. The molecule has 4 nitrogen and oxygen atoms in total. The van der Waals surface area contributed by atoms with E-state index in [1.165, 1.54) is 22.3 Å². The molecule has 5 heterocycles. The minimum absolute atomic E-state index is 0.0726. The van der Waals surface area contributed by atoms with Crippen molar-refractivity contribution in [2.45, 2.75) is 12.1 Å². The Morgan fingerprint density at radius 1 is 0.639 bits per heavy atom. The van der Waals surface area contributed by atoms with Crippen LogP contribution in [0.5, 0.6) is 0 Å². The second-order valence-electron chi connectivity index (χ2n) is 9.37. The first kappa shape index (κ1) is 20.7. The molecule has 2 aromatic heterocycles. The average Bonchev–Trinajstić information content (AvgIpc) is 3.72. The van der Waals surface area contributed by atoms with Crippen molar-refractivity contribution in [1.29, 1.82) is 0 Å². The number of fused-ring (bicyclic) bond motifs is 8. The van der Waals surface area contributed by atoms with Gasteiger partial charge in [-0.3, -0.25) is 0 Å². The largest absolute Gasteiger partial charge is 0.375 e. The topological polar surface area (TPSA) is 55.6 Å². The van der Waals surface area contributed by atoms with Crippen molar-refractivity contribution in [2.24, 2.45) is 0 Å². The number of H-pyrrole nitrogens is 2. The van der Waals surface area contributed by atoms with Crippen LogP contribution in [0.4, 0.5) is 0 Å². The first-order valence-corrected chi connectivity index (χ1v) is 12.4. The molecule has 2 aromatic carbocycles. The summed E-state index contributed by atoms with van der Waals surface area (Å²) in [4.78, 5) is 7.32. The normalized spacial score (nSPS) is 26.0. The molecule has 4 heteroatoms. The molecule has 2 unspecified atom stereocenters. The summed E-state index contributed by atoms with van der Waals surface area (Å²) in [6.07, 6.45) is 13.2. The highest BCUT2D eigenvalue weighted by Crippen LogP contribution is 2.29. The number of allylic oxidation sites excluding steroid dienone is 2. The van der Waals surface area contributed by atoms with Gasteiger partial charge >= 0.3 is 0 Å². The third-order valence-electron chi connectivity index (χ3n) is 6.96. The second kappa shape index (κ2) is 8.51. The lowest BCUT2D eigenvalue weighted by Gasteiger charge is -2.16. The Bertz CT molecular complexity index is 1680. The Balaban J connectivity index is 1.43. The molecule has 0 amide bonds. The third-order valence-corrected chi connectivity index (χ3v) is 6.96. The van der Waals surface area contributed by atoms with Crippen LogP contribution in [0.3, 0.4) is 0 Å². The van der Waals surface area contributed by atoms with Gasteiger partial charge in [0.1, 0.15) is 0 Å². The van der Waals surface area contributed by atoms with Gasteiger partial charge in [0.05, 0.1) is 12.1 Å². The number of hydrogen-bond donors (Lipinski definition) is 4. The van der Waals surface area contributed by atoms with E-state index >= 15 is 0 Å². The van der Waals surface area contributed by atoms with Crippen molar-refractivity contribution < 1.29 is 0 Å². The molecule has 0 fully saturated rings. The van der Waals surface area contributed by atoms with Crippen LogP contribution in [-0.4, -0.2) is 22.1 Å². The molecule has 36 heavy (non-hydrogen) atoms. The molecule has 0 spiro atoms. The maximum Gasteiger partial charge on any atom is 0.0727 e. The molecule has 3 aliphatic rings. The van der Waals surface area contributed by atoms with Gasteiger partial charge in [-0.2, -0.15) is 0 Å². The van der Waals surface area contributed by atoms with E-state index in [9.17, 15) is 0 Å². The monoisotopic (exact) mass is 466 g/mol. The Morgan fingerprint density at radius 2 is 1.44 bits per heavy atom. The summed E-state index contributed by atoms with van der Waals surface area (Å²) in [5.74, 6) is 0. The van der Waals surface area contributed by atoms with Crippen molar-refractivity contribution in [1.82, 2.24) is 20.6 Å². The van der Waals surface area contributed by atoms with E-state index in [-0.39, 0.29) is 12.1 Å². The maximum absolute atomic E-state index is 3.72. The van der Waals surface area contributed by atoms with Gasteiger partial charge < -0.3 is 20.6 Å². The van der Waals surface area contributed by atoms with E-state index in [4.69, 9.17) is 0 Å². The van der Waals surface area contributed by atoms with Crippen LogP contribution >= 0.6 is 0 Å². The lowest BCUT2D eigenvalue weighted by molar-refractivity contribution is 0.857. The first-order valence-electron chi connectivity index (χ1n) is 12.4. The summed E-state index contributed by atoms with van der Waals surface area (Å²) >= 11 is 0. The second-order valence-corrected chi connectivity index (χ2v) is 9.37. The van der Waals surface area contributed by atoms with Crippen molar-refractivity contribution in [3.8, 4) is 0 Å². The van der Waals surface area contributed by atoms with E-state index in [0.717, 1.165) is 33.5 Å².